The molecule has 1 unspecified atom stereocenters. The predicted octanol–water partition coefficient (Wildman–Crippen LogP) is 2.53. The van der Waals surface area contributed by atoms with E-state index in [9.17, 15) is 19.2 Å². The molecule has 0 aromatic heterocycles. The van der Waals surface area contributed by atoms with Crippen LogP contribution in [0.4, 0.5) is 5.69 Å². The first-order valence-corrected chi connectivity index (χ1v) is 10.8. The molecule has 2 rings (SSSR count). The molecule has 2 bridgehead atoms. The molecule has 1 aromatic rings. The lowest BCUT2D eigenvalue weighted by atomic mass is 10.1. The molecule has 146 valence electrons. The van der Waals surface area contributed by atoms with E-state index in [1.165, 1.54) is 6.92 Å². The number of carbonyl (C=O) groups is 4. The van der Waals surface area contributed by atoms with E-state index >= 15 is 0 Å². The molecular formula is C16H14I3NO7. The minimum absolute atomic E-state index is 0.101. The number of anilines is 1. The summed E-state index contributed by atoms with van der Waals surface area (Å²) in [5.41, 5.74) is 2.08. The van der Waals surface area contributed by atoms with Crippen molar-refractivity contribution >= 4 is 97.3 Å². The summed E-state index contributed by atoms with van der Waals surface area (Å²) in [6.07, 6.45) is -1.18. The number of fused-ring (bicyclic) bond motifs is 2. The Bertz CT molecular complexity index is 825. The van der Waals surface area contributed by atoms with Crippen molar-refractivity contribution < 1.29 is 33.4 Å². The Morgan fingerprint density at radius 2 is 1.70 bits per heavy atom. The minimum atomic E-state index is -1.29. The van der Waals surface area contributed by atoms with Crippen LogP contribution >= 0.6 is 67.8 Å². The van der Waals surface area contributed by atoms with Crippen LogP contribution in [0.1, 0.15) is 25.0 Å². The van der Waals surface area contributed by atoms with Gasteiger partial charge in [0.25, 0.3) is 5.91 Å². The molecule has 1 aromatic carbocycles. The van der Waals surface area contributed by atoms with Crippen LogP contribution in [0.25, 0.3) is 0 Å². The van der Waals surface area contributed by atoms with Gasteiger partial charge in [-0.15, -0.1) is 0 Å². The van der Waals surface area contributed by atoms with E-state index in [0.717, 1.165) is 25.2 Å². The number of carbonyl (C=O) groups excluding carboxylic acids is 4. The third-order valence-electron chi connectivity index (χ3n) is 3.48. The molecule has 1 N–H and O–H groups in total. The zero-order valence-corrected chi connectivity index (χ0v) is 20.7. The zero-order valence-electron chi connectivity index (χ0n) is 14.2. The van der Waals surface area contributed by atoms with Gasteiger partial charge in [0.05, 0.1) is 12.1 Å². The number of hydrogen-bond acceptors (Lipinski definition) is 7. The van der Waals surface area contributed by atoms with Gasteiger partial charge in [0.2, 0.25) is 6.10 Å². The lowest BCUT2D eigenvalue weighted by Gasteiger charge is -2.20. The van der Waals surface area contributed by atoms with Gasteiger partial charge in [-0.05, 0) is 73.3 Å². The van der Waals surface area contributed by atoms with E-state index in [1.54, 1.807) is 0 Å². The minimum Gasteiger partial charge on any atom is -0.461 e. The smallest absolute Gasteiger partial charge is 0.310 e. The Kier molecular flexibility index (Phi) is 8.08. The number of hydrogen-bond donors (Lipinski definition) is 1. The van der Waals surface area contributed by atoms with E-state index in [2.05, 4.69) is 73.1 Å². The molecule has 8 nitrogen and oxygen atoms in total. The first-order valence-electron chi connectivity index (χ1n) is 7.57. The number of cyclic esters (lactones) is 1. The van der Waals surface area contributed by atoms with Gasteiger partial charge in [-0.25, -0.2) is 0 Å². The highest BCUT2D eigenvalue weighted by molar-refractivity contribution is 14.1. The summed E-state index contributed by atoms with van der Waals surface area (Å²) in [6.45, 7) is 2.08. The maximum atomic E-state index is 12.6. The third-order valence-corrected chi connectivity index (χ3v) is 7.17. The summed E-state index contributed by atoms with van der Waals surface area (Å²) in [6, 6.07) is 0. The van der Waals surface area contributed by atoms with Crippen LogP contribution in [0.5, 0.6) is 0 Å². The van der Waals surface area contributed by atoms with Crippen LogP contribution in [-0.2, 0) is 46.4 Å². The largest absolute Gasteiger partial charge is 0.461 e. The number of esters is 3. The van der Waals surface area contributed by atoms with Crippen molar-refractivity contribution in [3.05, 3.63) is 21.8 Å². The third kappa shape index (κ3) is 5.65. The van der Waals surface area contributed by atoms with Crippen molar-refractivity contribution in [1.82, 2.24) is 0 Å². The van der Waals surface area contributed by atoms with E-state index in [-0.39, 0.29) is 25.6 Å². The van der Waals surface area contributed by atoms with E-state index < -0.39 is 23.9 Å². The molecule has 1 heterocycles. The van der Waals surface area contributed by atoms with Crippen LogP contribution in [0.15, 0.2) is 0 Å². The second-order valence-corrected chi connectivity index (χ2v) is 8.74. The van der Waals surface area contributed by atoms with Gasteiger partial charge in [0.1, 0.15) is 13.2 Å². The molecule has 1 aliphatic rings. The van der Waals surface area contributed by atoms with Gasteiger partial charge in [0, 0.05) is 30.1 Å². The van der Waals surface area contributed by atoms with Crippen molar-refractivity contribution in [2.45, 2.75) is 33.0 Å². The average Bonchev–Trinajstić information content (AvgIpc) is 2.70. The Labute approximate surface area is 195 Å². The molecule has 0 spiro atoms. The molecule has 0 fully saturated rings. The standard InChI is InChI=1S/C16H14I3NO7/c1-6(21)25-5-10(27-7(2)22)16(24)20-15-13(18)8-3-11(23)26-4-9(12(8)17)14(15)19/h10H,3-5H2,1-2H3,(H,20,24). The fourth-order valence-electron chi connectivity index (χ4n) is 2.27. The number of halogens is 3. The van der Waals surface area contributed by atoms with Gasteiger partial charge < -0.3 is 19.5 Å². The highest BCUT2D eigenvalue weighted by Crippen LogP contribution is 2.37. The van der Waals surface area contributed by atoms with Gasteiger partial charge in [0.15, 0.2) is 0 Å². The second kappa shape index (κ2) is 9.67. The fraction of sp³-hybridized carbons (Fsp3) is 0.375. The predicted molar refractivity (Wildman–Crippen MR) is 119 cm³/mol. The Hall–Kier alpha value is -0.710. The van der Waals surface area contributed by atoms with Crippen molar-refractivity contribution in [3.63, 3.8) is 0 Å². The van der Waals surface area contributed by atoms with Crippen molar-refractivity contribution in [2.75, 3.05) is 11.9 Å². The Morgan fingerprint density at radius 1 is 1.07 bits per heavy atom. The van der Waals surface area contributed by atoms with Crippen molar-refractivity contribution in [2.24, 2.45) is 0 Å². The van der Waals surface area contributed by atoms with Gasteiger partial charge in [-0.1, -0.05) is 0 Å². The molecule has 27 heavy (non-hydrogen) atoms. The van der Waals surface area contributed by atoms with Crippen LogP contribution < -0.4 is 5.32 Å². The van der Waals surface area contributed by atoms with Gasteiger partial charge >= 0.3 is 17.9 Å². The first-order chi connectivity index (χ1) is 12.6. The second-order valence-electron chi connectivity index (χ2n) is 5.50. The Balaban J connectivity index is 2.36. The summed E-state index contributed by atoms with van der Waals surface area (Å²) in [4.78, 5) is 46.8. The summed E-state index contributed by atoms with van der Waals surface area (Å²) >= 11 is 6.29. The number of rotatable bonds is 5. The summed E-state index contributed by atoms with van der Waals surface area (Å²) in [7, 11) is 0. The molecule has 1 atom stereocenters. The van der Waals surface area contributed by atoms with Crippen LogP contribution in [0.3, 0.4) is 0 Å². The van der Waals surface area contributed by atoms with Crippen LogP contribution in [0.2, 0.25) is 0 Å². The maximum Gasteiger partial charge on any atom is 0.310 e. The molecule has 0 radical (unpaired) electrons. The molecule has 0 saturated carbocycles. The van der Waals surface area contributed by atoms with Crippen molar-refractivity contribution in [1.29, 1.82) is 0 Å². The van der Waals surface area contributed by atoms with Gasteiger partial charge in [-0.3, -0.25) is 19.2 Å². The lowest BCUT2D eigenvalue weighted by molar-refractivity contribution is -0.160. The number of nitrogens with one attached hydrogen (secondary N) is 1. The molecule has 0 aliphatic carbocycles. The molecule has 0 saturated heterocycles. The number of amides is 1. The maximum absolute atomic E-state index is 12.6. The zero-order chi connectivity index (χ0) is 20.3. The van der Waals surface area contributed by atoms with E-state index in [0.29, 0.717) is 9.26 Å². The summed E-state index contributed by atoms with van der Waals surface area (Å²) < 4.78 is 17.3. The van der Waals surface area contributed by atoms with E-state index in [1.807, 2.05) is 0 Å². The quantitative estimate of drug-likeness (QED) is 0.284. The first kappa shape index (κ1) is 22.6. The Morgan fingerprint density at radius 3 is 2.30 bits per heavy atom. The highest BCUT2D eigenvalue weighted by atomic mass is 127. The van der Waals surface area contributed by atoms with Crippen LogP contribution in [-0.4, -0.2) is 36.5 Å². The summed E-state index contributed by atoms with van der Waals surface area (Å²) in [5, 5.41) is 2.73. The molecular weight excluding hydrogens is 699 g/mol. The van der Waals surface area contributed by atoms with Crippen molar-refractivity contribution in [3.8, 4) is 0 Å². The SMILES string of the molecule is CC(=O)OCC(OC(C)=O)C(=O)Nc1c(I)c2c(I)c(c1I)CC(=O)OC2. The molecule has 11 heteroatoms. The van der Waals surface area contributed by atoms with E-state index in [4.69, 9.17) is 14.2 Å². The normalized spacial score (nSPS) is 13.9. The topological polar surface area (TPSA) is 108 Å². The fourth-order valence-corrected chi connectivity index (χ4v) is 6.40. The molecule has 1 aliphatic heterocycles. The van der Waals surface area contributed by atoms with Crippen LogP contribution in [0, 0.1) is 10.7 Å². The number of ether oxygens (including phenoxy) is 3. The summed E-state index contributed by atoms with van der Waals surface area (Å²) in [5.74, 6) is -2.24. The number of benzene rings is 1. The van der Waals surface area contributed by atoms with Gasteiger partial charge in [-0.2, -0.15) is 0 Å². The average molecular weight is 713 g/mol. The lowest BCUT2D eigenvalue weighted by Crippen LogP contribution is -2.37. The monoisotopic (exact) mass is 713 g/mol. The highest BCUT2D eigenvalue weighted by Gasteiger charge is 2.29. The molecule has 1 amide bonds.